The summed E-state index contributed by atoms with van der Waals surface area (Å²) in [4.78, 5) is -0.730. The van der Waals surface area contributed by atoms with Crippen LogP contribution in [0.2, 0.25) is 0 Å². The second-order valence-electron chi connectivity index (χ2n) is 5.26. The number of sulfone groups is 1. The molecule has 1 aromatic carbocycles. The highest BCUT2D eigenvalue weighted by atomic mass is 32.2. The highest BCUT2D eigenvalue weighted by Gasteiger charge is 2.35. The van der Waals surface area contributed by atoms with Gasteiger partial charge in [0.25, 0.3) is 0 Å². The summed E-state index contributed by atoms with van der Waals surface area (Å²) >= 11 is 0. The number of benzene rings is 1. The third-order valence-electron chi connectivity index (χ3n) is 3.44. The maximum atomic E-state index is 13.2. The summed E-state index contributed by atoms with van der Waals surface area (Å²) in [5.74, 6) is -2.23. The number of nitrogens with one attached hydrogen (secondary N) is 1. The smallest absolute Gasteiger partial charge is 0.229 e. The first kappa shape index (κ1) is 18.1. The molecule has 1 unspecified atom stereocenters. The van der Waals surface area contributed by atoms with Gasteiger partial charge in [0.1, 0.15) is 5.82 Å². The molecule has 1 aliphatic rings. The average Bonchev–Trinajstić information content (AvgIpc) is 2.75. The quantitative estimate of drug-likeness (QED) is 0.810. The van der Waals surface area contributed by atoms with Crippen LogP contribution in [0, 0.1) is 11.7 Å². The molecule has 0 aromatic heterocycles. The Morgan fingerprint density at radius 1 is 1.26 bits per heavy atom. The van der Waals surface area contributed by atoms with E-state index in [2.05, 4.69) is 4.72 Å². The van der Waals surface area contributed by atoms with Gasteiger partial charge in [-0.15, -0.1) is 0 Å². The minimum absolute atomic E-state index is 0.0475. The van der Waals surface area contributed by atoms with Crippen molar-refractivity contribution in [3.05, 3.63) is 29.6 Å². The molecule has 0 radical (unpaired) electrons. The van der Waals surface area contributed by atoms with Gasteiger partial charge in [0.2, 0.25) is 10.0 Å². The average molecular weight is 375 g/mol. The number of halogens is 4. The van der Waals surface area contributed by atoms with E-state index in [1.165, 1.54) is 0 Å². The summed E-state index contributed by atoms with van der Waals surface area (Å²) < 4.78 is 99.6. The molecule has 1 atom stereocenters. The van der Waals surface area contributed by atoms with Crippen LogP contribution in [0.1, 0.15) is 12.0 Å². The lowest BCUT2D eigenvalue weighted by Gasteiger charge is -2.13. The molecular weight excluding hydrogens is 362 g/mol. The van der Waals surface area contributed by atoms with E-state index in [9.17, 15) is 34.4 Å². The largest absolute Gasteiger partial charge is 0.419 e. The highest BCUT2D eigenvalue weighted by Crippen LogP contribution is 2.32. The molecular formula is C12H13F4NO4S2. The lowest BCUT2D eigenvalue weighted by atomic mass is 10.1. The number of hydrogen-bond acceptors (Lipinski definition) is 4. The van der Waals surface area contributed by atoms with Gasteiger partial charge in [-0.1, -0.05) is 0 Å². The monoisotopic (exact) mass is 375 g/mol. The molecule has 0 spiro atoms. The van der Waals surface area contributed by atoms with Gasteiger partial charge in [-0.25, -0.2) is 25.9 Å². The van der Waals surface area contributed by atoms with Crippen LogP contribution in [0.15, 0.2) is 23.1 Å². The molecule has 1 aliphatic heterocycles. The second-order valence-corrected chi connectivity index (χ2v) is 9.26. The van der Waals surface area contributed by atoms with E-state index in [0.29, 0.717) is 6.07 Å². The van der Waals surface area contributed by atoms with Crippen molar-refractivity contribution in [2.45, 2.75) is 17.5 Å². The first-order valence-electron chi connectivity index (χ1n) is 6.47. The van der Waals surface area contributed by atoms with Crippen molar-refractivity contribution in [2.24, 2.45) is 5.92 Å². The fourth-order valence-corrected chi connectivity index (χ4v) is 5.24. The number of hydrogen-bond donors (Lipinski definition) is 1. The molecule has 1 fully saturated rings. The predicted octanol–water partition coefficient (Wildman–Crippen LogP) is 1.56. The Hall–Kier alpha value is -1.20. The Morgan fingerprint density at radius 2 is 1.91 bits per heavy atom. The Morgan fingerprint density at radius 3 is 2.43 bits per heavy atom. The fourth-order valence-electron chi connectivity index (χ4n) is 2.23. The van der Waals surface area contributed by atoms with E-state index < -0.39 is 48.2 Å². The minimum Gasteiger partial charge on any atom is -0.229 e. The van der Waals surface area contributed by atoms with Crippen LogP contribution < -0.4 is 4.72 Å². The SMILES string of the molecule is O=S1(=O)CCC(CNS(=O)(=O)c2ccc(F)c(C(F)(F)F)c2)C1. The summed E-state index contributed by atoms with van der Waals surface area (Å²) in [6, 6.07) is 1.36. The molecule has 5 nitrogen and oxygen atoms in total. The normalized spacial score (nSPS) is 21.5. The van der Waals surface area contributed by atoms with E-state index in [0.717, 1.165) is 6.07 Å². The van der Waals surface area contributed by atoms with Crippen LogP contribution in [0.5, 0.6) is 0 Å². The van der Waals surface area contributed by atoms with E-state index in [-0.39, 0.29) is 30.5 Å². The zero-order valence-corrected chi connectivity index (χ0v) is 13.2. The first-order chi connectivity index (χ1) is 10.4. The minimum atomic E-state index is -5.02. The summed E-state index contributed by atoms with van der Waals surface area (Å²) in [5.41, 5.74) is -1.68. The van der Waals surface area contributed by atoms with Crippen molar-refractivity contribution in [3.63, 3.8) is 0 Å². The topological polar surface area (TPSA) is 80.3 Å². The zero-order chi connectivity index (χ0) is 17.5. The van der Waals surface area contributed by atoms with Gasteiger partial charge in [-0.05, 0) is 30.5 Å². The zero-order valence-electron chi connectivity index (χ0n) is 11.6. The first-order valence-corrected chi connectivity index (χ1v) is 9.78. The highest BCUT2D eigenvalue weighted by molar-refractivity contribution is 7.91. The van der Waals surface area contributed by atoms with Crippen LogP contribution in [-0.2, 0) is 26.0 Å². The van der Waals surface area contributed by atoms with Gasteiger partial charge in [0.15, 0.2) is 9.84 Å². The van der Waals surface area contributed by atoms with Gasteiger partial charge in [-0.3, -0.25) is 0 Å². The maximum absolute atomic E-state index is 13.2. The fraction of sp³-hybridized carbons (Fsp3) is 0.500. The summed E-state index contributed by atoms with van der Waals surface area (Å²) in [7, 11) is -7.49. The predicted molar refractivity (Wildman–Crippen MR) is 73.4 cm³/mol. The van der Waals surface area contributed by atoms with E-state index in [4.69, 9.17) is 0 Å². The molecule has 1 saturated heterocycles. The molecule has 11 heteroatoms. The molecule has 1 N–H and O–H groups in total. The Kier molecular flexibility index (Phi) is 4.75. The summed E-state index contributed by atoms with van der Waals surface area (Å²) in [5, 5.41) is 0. The lowest BCUT2D eigenvalue weighted by Crippen LogP contribution is -2.30. The molecule has 0 aliphatic carbocycles. The van der Waals surface area contributed by atoms with Gasteiger partial charge in [-0.2, -0.15) is 13.2 Å². The molecule has 1 heterocycles. The molecule has 1 aromatic rings. The van der Waals surface area contributed by atoms with E-state index in [1.807, 2.05) is 0 Å². The van der Waals surface area contributed by atoms with Crippen LogP contribution in [0.3, 0.4) is 0 Å². The third-order valence-corrected chi connectivity index (χ3v) is 6.70. The van der Waals surface area contributed by atoms with Crippen molar-refractivity contribution in [3.8, 4) is 0 Å². The van der Waals surface area contributed by atoms with Crippen molar-refractivity contribution in [2.75, 3.05) is 18.1 Å². The molecule has 23 heavy (non-hydrogen) atoms. The molecule has 2 rings (SSSR count). The van der Waals surface area contributed by atoms with Crippen molar-refractivity contribution < 1.29 is 34.4 Å². The van der Waals surface area contributed by atoms with Crippen molar-refractivity contribution in [1.82, 2.24) is 4.72 Å². The van der Waals surface area contributed by atoms with Crippen molar-refractivity contribution >= 4 is 19.9 Å². The molecule has 0 amide bonds. The van der Waals surface area contributed by atoms with E-state index in [1.54, 1.807) is 0 Å². The van der Waals surface area contributed by atoms with Gasteiger partial charge >= 0.3 is 6.18 Å². The summed E-state index contributed by atoms with van der Waals surface area (Å²) in [6.07, 6.45) is -4.74. The second kappa shape index (κ2) is 6.02. The van der Waals surface area contributed by atoms with Crippen LogP contribution in [0.4, 0.5) is 17.6 Å². The third kappa shape index (κ3) is 4.42. The Bertz CT molecular complexity index is 803. The molecule has 0 saturated carbocycles. The lowest BCUT2D eigenvalue weighted by molar-refractivity contribution is -0.140. The summed E-state index contributed by atoms with van der Waals surface area (Å²) in [6.45, 7) is -0.208. The van der Waals surface area contributed by atoms with Gasteiger partial charge < -0.3 is 0 Å². The van der Waals surface area contributed by atoms with E-state index >= 15 is 0 Å². The number of rotatable bonds is 4. The van der Waals surface area contributed by atoms with Crippen LogP contribution in [0.25, 0.3) is 0 Å². The molecule has 130 valence electrons. The van der Waals surface area contributed by atoms with Gasteiger partial charge in [0, 0.05) is 6.54 Å². The number of sulfonamides is 1. The number of alkyl halides is 3. The van der Waals surface area contributed by atoms with Crippen LogP contribution in [-0.4, -0.2) is 34.9 Å². The Balaban J connectivity index is 2.17. The maximum Gasteiger partial charge on any atom is 0.419 e. The standard InChI is InChI=1S/C12H13F4NO4S2/c13-11-2-1-9(5-10(11)12(14,15)16)23(20,21)17-6-8-3-4-22(18,19)7-8/h1-2,5,8,17H,3-4,6-7H2. The van der Waals surface area contributed by atoms with Gasteiger partial charge in [0.05, 0.1) is 22.0 Å². The Labute approximate surface area is 130 Å². The molecule has 0 bridgehead atoms. The van der Waals surface area contributed by atoms with Crippen molar-refractivity contribution in [1.29, 1.82) is 0 Å². The van der Waals surface area contributed by atoms with Crippen LogP contribution >= 0.6 is 0 Å².